The van der Waals surface area contributed by atoms with Crippen LogP contribution in [-0.4, -0.2) is 22.3 Å². The molecule has 2 aliphatic rings. The van der Waals surface area contributed by atoms with Gasteiger partial charge in [-0.1, -0.05) is 32.1 Å². The van der Waals surface area contributed by atoms with Gasteiger partial charge in [-0.05, 0) is 31.6 Å². The van der Waals surface area contributed by atoms with E-state index in [0.717, 1.165) is 25.7 Å². The summed E-state index contributed by atoms with van der Waals surface area (Å²) in [4.78, 5) is 11.0. The topological polar surface area (TPSA) is 57.5 Å². The zero-order valence-electron chi connectivity index (χ0n) is 11.1. The highest BCUT2D eigenvalue weighted by atomic mass is 16.4. The van der Waals surface area contributed by atoms with E-state index in [0.29, 0.717) is 5.92 Å². The molecular formula is C15H22O3. The standard InChI is InChI=1S/C15H22O3/c1-9-4-5-13(16)15(3)7-6-11(8-12(9)15)10(2)14(17)18/h8-9,11,13,16H,2,4-7H2,1,3H3,(H,17,18)/t9-,11+,13+,15+/m0/s1. The lowest BCUT2D eigenvalue weighted by molar-refractivity contribution is -0.133. The third-order valence-electron chi connectivity index (χ3n) is 4.88. The molecule has 1 saturated carbocycles. The molecule has 0 heterocycles. The lowest BCUT2D eigenvalue weighted by atomic mass is 9.59. The van der Waals surface area contributed by atoms with Crippen LogP contribution in [0.3, 0.4) is 0 Å². The van der Waals surface area contributed by atoms with Crippen LogP contribution in [0.2, 0.25) is 0 Å². The van der Waals surface area contributed by atoms with Crippen molar-refractivity contribution in [3.8, 4) is 0 Å². The van der Waals surface area contributed by atoms with Crippen molar-refractivity contribution in [1.82, 2.24) is 0 Å². The van der Waals surface area contributed by atoms with Crippen molar-refractivity contribution in [1.29, 1.82) is 0 Å². The SMILES string of the molecule is C=C(C(=O)O)[C@H]1C=C2[C@@H](C)CC[C@@H](O)[C@]2(C)CC1. The molecule has 0 unspecified atom stereocenters. The third kappa shape index (κ3) is 2.01. The molecule has 0 aromatic rings. The monoisotopic (exact) mass is 250 g/mol. The number of hydrogen-bond acceptors (Lipinski definition) is 2. The van der Waals surface area contributed by atoms with Crippen LogP contribution in [0.15, 0.2) is 23.8 Å². The van der Waals surface area contributed by atoms with E-state index in [9.17, 15) is 9.90 Å². The van der Waals surface area contributed by atoms with E-state index in [-0.39, 0.29) is 23.0 Å². The fraction of sp³-hybridized carbons (Fsp3) is 0.667. The van der Waals surface area contributed by atoms with E-state index < -0.39 is 5.97 Å². The molecule has 0 saturated heterocycles. The van der Waals surface area contributed by atoms with Gasteiger partial charge in [0, 0.05) is 16.9 Å². The maximum atomic E-state index is 11.0. The summed E-state index contributed by atoms with van der Waals surface area (Å²) in [5.74, 6) is -0.550. The molecule has 0 aromatic heterocycles. The summed E-state index contributed by atoms with van der Waals surface area (Å²) < 4.78 is 0. The highest BCUT2D eigenvalue weighted by molar-refractivity contribution is 5.86. The summed E-state index contributed by atoms with van der Waals surface area (Å²) in [6.07, 6.45) is 5.22. The number of aliphatic carboxylic acids is 1. The van der Waals surface area contributed by atoms with Gasteiger partial charge in [-0.2, -0.15) is 0 Å². The first-order chi connectivity index (χ1) is 8.36. The second kappa shape index (κ2) is 4.54. The lowest BCUT2D eigenvalue weighted by Gasteiger charge is -2.47. The average molecular weight is 250 g/mol. The summed E-state index contributed by atoms with van der Waals surface area (Å²) in [7, 11) is 0. The van der Waals surface area contributed by atoms with Gasteiger partial charge in [-0.15, -0.1) is 0 Å². The smallest absolute Gasteiger partial charge is 0.331 e. The van der Waals surface area contributed by atoms with Crippen molar-refractivity contribution >= 4 is 5.97 Å². The zero-order valence-corrected chi connectivity index (χ0v) is 11.1. The van der Waals surface area contributed by atoms with Crippen molar-refractivity contribution in [3.63, 3.8) is 0 Å². The van der Waals surface area contributed by atoms with E-state index in [1.807, 2.05) is 0 Å². The summed E-state index contributed by atoms with van der Waals surface area (Å²) in [6.45, 7) is 7.95. The summed E-state index contributed by atoms with van der Waals surface area (Å²) >= 11 is 0. The molecule has 0 amide bonds. The third-order valence-corrected chi connectivity index (χ3v) is 4.88. The van der Waals surface area contributed by atoms with Gasteiger partial charge >= 0.3 is 5.97 Å². The summed E-state index contributed by atoms with van der Waals surface area (Å²) in [6, 6.07) is 0. The number of allylic oxidation sites excluding steroid dienone is 1. The number of aliphatic hydroxyl groups is 1. The second-order valence-corrected chi connectivity index (χ2v) is 6.01. The van der Waals surface area contributed by atoms with E-state index in [1.165, 1.54) is 5.57 Å². The van der Waals surface area contributed by atoms with E-state index in [4.69, 9.17) is 5.11 Å². The van der Waals surface area contributed by atoms with Gasteiger partial charge in [-0.3, -0.25) is 0 Å². The van der Waals surface area contributed by atoms with Crippen LogP contribution in [-0.2, 0) is 4.79 Å². The van der Waals surface area contributed by atoms with E-state index in [1.54, 1.807) is 0 Å². The minimum absolute atomic E-state index is 0.0710. The van der Waals surface area contributed by atoms with Crippen molar-refractivity contribution in [2.75, 3.05) is 0 Å². The largest absolute Gasteiger partial charge is 0.478 e. The Morgan fingerprint density at radius 2 is 2.11 bits per heavy atom. The molecular weight excluding hydrogens is 228 g/mol. The molecule has 0 radical (unpaired) electrons. The molecule has 2 rings (SSSR count). The maximum absolute atomic E-state index is 11.0. The Kier molecular flexibility index (Phi) is 3.37. The summed E-state index contributed by atoms with van der Waals surface area (Å²) in [5, 5.41) is 19.3. The molecule has 0 aliphatic heterocycles. The van der Waals surface area contributed by atoms with Gasteiger partial charge in [0.15, 0.2) is 0 Å². The predicted octanol–water partition coefficient (Wildman–Crippen LogP) is 2.76. The Labute approximate surface area is 108 Å². The maximum Gasteiger partial charge on any atom is 0.331 e. The first-order valence-corrected chi connectivity index (χ1v) is 6.68. The highest BCUT2D eigenvalue weighted by Gasteiger charge is 2.45. The van der Waals surface area contributed by atoms with Crippen LogP contribution < -0.4 is 0 Å². The zero-order chi connectivity index (χ0) is 13.5. The molecule has 0 spiro atoms. The van der Waals surface area contributed by atoms with Crippen LogP contribution in [0.1, 0.15) is 39.5 Å². The number of carbonyl (C=O) groups is 1. The van der Waals surface area contributed by atoms with Crippen LogP contribution in [0, 0.1) is 17.3 Å². The van der Waals surface area contributed by atoms with E-state index in [2.05, 4.69) is 26.5 Å². The van der Waals surface area contributed by atoms with Gasteiger partial charge in [0.25, 0.3) is 0 Å². The molecule has 3 heteroatoms. The molecule has 1 fully saturated rings. The average Bonchev–Trinajstić information content (AvgIpc) is 2.33. The molecule has 3 nitrogen and oxygen atoms in total. The minimum atomic E-state index is -0.913. The lowest BCUT2D eigenvalue weighted by Crippen LogP contribution is -2.43. The number of carboxylic acids is 1. The molecule has 0 aromatic carbocycles. The molecule has 2 N–H and O–H groups in total. The van der Waals surface area contributed by atoms with Gasteiger partial charge < -0.3 is 10.2 Å². The van der Waals surface area contributed by atoms with Gasteiger partial charge in [0.05, 0.1) is 6.10 Å². The number of aliphatic hydroxyl groups excluding tert-OH is 1. The number of rotatable bonds is 2. The fourth-order valence-corrected chi connectivity index (χ4v) is 3.49. The Bertz CT molecular complexity index is 410. The molecule has 2 aliphatic carbocycles. The van der Waals surface area contributed by atoms with Crippen LogP contribution in [0.5, 0.6) is 0 Å². The normalized spacial score (nSPS) is 39.7. The highest BCUT2D eigenvalue weighted by Crippen LogP contribution is 2.51. The van der Waals surface area contributed by atoms with Gasteiger partial charge in [0.1, 0.15) is 0 Å². The van der Waals surface area contributed by atoms with Crippen molar-refractivity contribution < 1.29 is 15.0 Å². The molecule has 100 valence electrons. The number of carboxylic acid groups (broad SMARTS) is 1. The minimum Gasteiger partial charge on any atom is -0.478 e. The van der Waals surface area contributed by atoms with E-state index >= 15 is 0 Å². The van der Waals surface area contributed by atoms with Crippen LogP contribution in [0.4, 0.5) is 0 Å². The van der Waals surface area contributed by atoms with Crippen molar-refractivity contribution in [2.45, 2.75) is 45.6 Å². The second-order valence-electron chi connectivity index (χ2n) is 6.01. The Hall–Kier alpha value is -1.09. The fourth-order valence-electron chi connectivity index (χ4n) is 3.49. The first-order valence-electron chi connectivity index (χ1n) is 6.68. The number of hydrogen-bond donors (Lipinski definition) is 2. The van der Waals surface area contributed by atoms with Crippen molar-refractivity contribution in [2.24, 2.45) is 17.3 Å². The molecule has 4 atom stereocenters. The summed E-state index contributed by atoms with van der Waals surface area (Å²) in [5.41, 5.74) is 1.35. The van der Waals surface area contributed by atoms with Crippen LogP contribution >= 0.6 is 0 Å². The predicted molar refractivity (Wildman–Crippen MR) is 70.1 cm³/mol. The number of fused-ring (bicyclic) bond motifs is 1. The quantitative estimate of drug-likeness (QED) is 0.585. The Balaban J connectivity index is 2.33. The first kappa shape index (κ1) is 13.3. The Morgan fingerprint density at radius 3 is 2.72 bits per heavy atom. The Morgan fingerprint density at radius 1 is 1.44 bits per heavy atom. The van der Waals surface area contributed by atoms with Crippen LogP contribution in [0.25, 0.3) is 0 Å². The molecule has 18 heavy (non-hydrogen) atoms. The van der Waals surface area contributed by atoms with Crippen molar-refractivity contribution in [3.05, 3.63) is 23.8 Å². The molecule has 0 bridgehead atoms. The van der Waals surface area contributed by atoms with Gasteiger partial charge in [0.2, 0.25) is 0 Å². The van der Waals surface area contributed by atoms with Gasteiger partial charge in [-0.25, -0.2) is 4.79 Å².